The van der Waals surface area contributed by atoms with Crippen molar-refractivity contribution in [2.45, 2.75) is 25.8 Å². The largest absolute Gasteiger partial charge is 0.396 e. The Bertz CT molecular complexity index is 564. The molecule has 21 heavy (non-hydrogen) atoms. The molecule has 2 aromatic carbocycles. The highest BCUT2D eigenvalue weighted by molar-refractivity contribution is 5.79. The number of aliphatic hydroxyl groups excluding tert-OH is 1. The Hall–Kier alpha value is -2.13. The first-order valence-electron chi connectivity index (χ1n) is 7.23. The zero-order chi connectivity index (χ0) is 15.1. The highest BCUT2D eigenvalue weighted by Gasteiger charge is 2.07. The van der Waals surface area contributed by atoms with Gasteiger partial charge in [0.1, 0.15) is 0 Å². The summed E-state index contributed by atoms with van der Waals surface area (Å²) in [4.78, 5) is 11.9. The molecule has 2 N–H and O–H groups in total. The second kappa shape index (κ2) is 7.60. The van der Waals surface area contributed by atoms with E-state index in [2.05, 4.69) is 17.4 Å². The van der Waals surface area contributed by atoms with Crippen molar-refractivity contribution >= 4 is 5.91 Å². The number of aliphatic hydroxyl groups is 1. The Labute approximate surface area is 125 Å². The molecule has 0 aliphatic carbocycles. The maximum Gasteiger partial charge on any atom is 0.224 e. The Morgan fingerprint density at radius 1 is 1.05 bits per heavy atom. The molecule has 0 heterocycles. The van der Waals surface area contributed by atoms with Crippen LogP contribution in [0, 0.1) is 0 Å². The van der Waals surface area contributed by atoms with Crippen LogP contribution in [0.4, 0.5) is 0 Å². The molecule has 0 unspecified atom stereocenters. The van der Waals surface area contributed by atoms with Crippen molar-refractivity contribution in [3.05, 3.63) is 60.2 Å². The van der Waals surface area contributed by atoms with Crippen LogP contribution in [-0.2, 0) is 11.2 Å². The Morgan fingerprint density at radius 3 is 2.29 bits per heavy atom. The molecular formula is C18H21NO2. The molecule has 1 atom stereocenters. The number of amides is 1. The third-order valence-electron chi connectivity index (χ3n) is 3.40. The lowest BCUT2D eigenvalue weighted by molar-refractivity contribution is -0.121. The second-order valence-corrected chi connectivity index (χ2v) is 5.22. The number of carbonyl (C=O) groups is 1. The molecule has 0 aliphatic rings. The van der Waals surface area contributed by atoms with Gasteiger partial charge in [0.15, 0.2) is 0 Å². The summed E-state index contributed by atoms with van der Waals surface area (Å²) in [7, 11) is 0. The van der Waals surface area contributed by atoms with Crippen molar-refractivity contribution in [3.8, 4) is 11.1 Å². The third kappa shape index (κ3) is 4.72. The van der Waals surface area contributed by atoms with Crippen LogP contribution >= 0.6 is 0 Å². The lowest BCUT2D eigenvalue weighted by Gasteiger charge is -2.12. The average Bonchev–Trinajstić information content (AvgIpc) is 2.49. The van der Waals surface area contributed by atoms with E-state index in [0.717, 1.165) is 11.1 Å². The summed E-state index contributed by atoms with van der Waals surface area (Å²) in [6.45, 7) is 1.99. The van der Waals surface area contributed by atoms with E-state index in [1.165, 1.54) is 5.56 Å². The molecule has 0 saturated heterocycles. The predicted octanol–water partition coefficient (Wildman–Crippen LogP) is 2.78. The summed E-state index contributed by atoms with van der Waals surface area (Å²) in [5.74, 6) is -0.0107. The minimum Gasteiger partial charge on any atom is -0.396 e. The Morgan fingerprint density at radius 2 is 1.67 bits per heavy atom. The van der Waals surface area contributed by atoms with E-state index in [-0.39, 0.29) is 18.6 Å². The van der Waals surface area contributed by atoms with Crippen LogP contribution in [0.15, 0.2) is 54.6 Å². The standard InChI is InChI=1S/C18H21NO2/c1-14(11-12-20)19-18(21)13-15-7-9-17(10-8-15)16-5-3-2-4-6-16/h2-10,14,20H,11-13H2,1H3,(H,19,21)/t14-/m1/s1. The molecular weight excluding hydrogens is 262 g/mol. The molecule has 1 amide bonds. The fourth-order valence-corrected chi connectivity index (χ4v) is 2.22. The van der Waals surface area contributed by atoms with E-state index in [1.807, 2.05) is 49.4 Å². The van der Waals surface area contributed by atoms with Crippen LogP contribution in [0.5, 0.6) is 0 Å². The normalized spacial score (nSPS) is 11.9. The number of hydrogen-bond acceptors (Lipinski definition) is 2. The smallest absolute Gasteiger partial charge is 0.224 e. The average molecular weight is 283 g/mol. The first-order valence-corrected chi connectivity index (χ1v) is 7.23. The zero-order valence-electron chi connectivity index (χ0n) is 12.3. The lowest BCUT2D eigenvalue weighted by atomic mass is 10.0. The summed E-state index contributed by atoms with van der Waals surface area (Å²) >= 11 is 0. The maximum absolute atomic E-state index is 11.9. The van der Waals surface area contributed by atoms with Gasteiger partial charge in [-0.25, -0.2) is 0 Å². The molecule has 0 aromatic heterocycles. The van der Waals surface area contributed by atoms with E-state index >= 15 is 0 Å². The van der Waals surface area contributed by atoms with Crippen LogP contribution in [0.25, 0.3) is 11.1 Å². The first kappa shape index (κ1) is 15.3. The number of rotatable bonds is 6. The summed E-state index contributed by atoms with van der Waals surface area (Å²) in [5.41, 5.74) is 3.31. The Kier molecular flexibility index (Phi) is 5.52. The lowest BCUT2D eigenvalue weighted by Crippen LogP contribution is -2.34. The van der Waals surface area contributed by atoms with Crippen LogP contribution in [-0.4, -0.2) is 23.7 Å². The van der Waals surface area contributed by atoms with Crippen molar-refractivity contribution in [2.75, 3.05) is 6.61 Å². The quantitative estimate of drug-likeness (QED) is 0.856. The highest BCUT2D eigenvalue weighted by atomic mass is 16.3. The SMILES string of the molecule is C[C@H](CCO)NC(=O)Cc1ccc(-c2ccccc2)cc1. The van der Waals surface area contributed by atoms with E-state index < -0.39 is 0 Å². The fourth-order valence-electron chi connectivity index (χ4n) is 2.22. The molecule has 3 nitrogen and oxygen atoms in total. The summed E-state index contributed by atoms with van der Waals surface area (Å²) in [6.07, 6.45) is 0.948. The third-order valence-corrected chi connectivity index (χ3v) is 3.40. The maximum atomic E-state index is 11.9. The number of carbonyl (C=O) groups excluding carboxylic acids is 1. The molecule has 0 fully saturated rings. The number of hydrogen-bond donors (Lipinski definition) is 2. The van der Waals surface area contributed by atoms with Gasteiger partial charge >= 0.3 is 0 Å². The molecule has 110 valence electrons. The zero-order valence-corrected chi connectivity index (χ0v) is 12.3. The van der Waals surface area contributed by atoms with Crippen LogP contribution in [0.2, 0.25) is 0 Å². The van der Waals surface area contributed by atoms with Gasteiger partial charge in [-0.15, -0.1) is 0 Å². The number of benzene rings is 2. The number of nitrogens with one attached hydrogen (secondary N) is 1. The van der Waals surface area contributed by atoms with Crippen LogP contribution in [0.3, 0.4) is 0 Å². The van der Waals surface area contributed by atoms with Gasteiger partial charge < -0.3 is 10.4 Å². The molecule has 0 bridgehead atoms. The van der Waals surface area contributed by atoms with E-state index in [1.54, 1.807) is 0 Å². The van der Waals surface area contributed by atoms with E-state index in [0.29, 0.717) is 12.8 Å². The minimum absolute atomic E-state index is 0.00564. The second-order valence-electron chi connectivity index (χ2n) is 5.22. The van der Waals surface area contributed by atoms with Gasteiger partial charge in [-0.2, -0.15) is 0 Å². The summed E-state index contributed by atoms with van der Waals surface area (Å²) < 4.78 is 0. The molecule has 0 radical (unpaired) electrons. The minimum atomic E-state index is -0.0107. The molecule has 0 aliphatic heterocycles. The molecule has 3 heteroatoms. The van der Waals surface area contributed by atoms with E-state index in [4.69, 9.17) is 5.11 Å². The van der Waals surface area contributed by atoms with Gasteiger partial charge in [-0.1, -0.05) is 54.6 Å². The van der Waals surface area contributed by atoms with Crippen molar-refractivity contribution in [3.63, 3.8) is 0 Å². The van der Waals surface area contributed by atoms with Crippen LogP contribution in [0.1, 0.15) is 18.9 Å². The van der Waals surface area contributed by atoms with E-state index in [9.17, 15) is 4.79 Å². The molecule has 2 aromatic rings. The van der Waals surface area contributed by atoms with Gasteiger partial charge in [0, 0.05) is 12.6 Å². The van der Waals surface area contributed by atoms with Crippen molar-refractivity contribution < 1.29 is 9.90 Å². The molecule has 0 spiro atoms. The van der Waals surface area contributed by atoms with Gasteiger partial charge in [0.25, 0.3) is 0 Å². The monoisotopic (exact) mass is 283 g/mol. The molecule has 2 rings (SSSR count). The predicted molar refractivity (Wildman–Crippen MR) is 84.9 cm³/mol. The van der Waals surface area contributed by atoms with Crippen molar-refractivity contribution in [2.24, 2.45) is 0 Å². The van der Waals surface area contributed by atoms with Gasteiger partial charge in [-0.05, 0) is 30.0 Å². The van der Waals surface area contributed by atoms with Gasteiger partial charge in [-0.3, -0.25) is 4.79 Å². The Balaban J connectivity index is 1.95. The van der Waals surface area contributed by atoms with Crippen LogP contribution < -0.4 is 5.32 Å². The fraction of sp³-hybridized carbons (Fsp3) is 0.278. The van der Waals surface area contributed by atoms with Crippen molar-refractivity contribution in [1.29, 1.82) is 0 Å². The topological polar surface area (TPSA) is 49.3 Å². The van der Waals surface area contributed by atoms with Crippen molar-refractivity contribution in [1.82, 2.24) is 5.32 Å². The van der Waals surface area contributed by atoms with Gasteiger partial charge in [0.05, 0.1) is 6.42 Å². The van der Waals surface area contributed by atoms with Gasteiger partial charge in [0.2, 0.25) is 5.91 Å². The molecule has 0 saturated carbocycles. The highest BCUT2D eigenvalue weighted by Crippen LogP contribution is 2.19. The summed E-state index contributed by atoms with van der Waals surface area (Å²) in [6, 6.07) is 18.2. The first-order chi connectivity index (χ1) is 10.2. The summed E-state index contributed by atoms with van der Waals surface area (Å²) in [5, 5.41) is 11.7.